The van der Waals surface area contributed by atoms with Crippen LogP contribution < -0.4 is 5.73 Å². The van der Waals surface area contributed by atoms with Crippen molar-refractivity contribution in [2.75, 3.05) is 26.2 Å². The monoisotopic (exact) mass is 420 g/mol. The van der Waals surface area contributed by atoms with Crippen molar-refractivity contribution in [2.45, 2.75) is 62.8 Å². The fraction of sp³-hybridized carbons (Fsp3) is 0.765. The number of carbonyl (C=O) groups excluding carboxylic acids is 1. The number of sulfonamides is 1. The zero-order chi connectivity index (χ0) is 18.9. The second-order valence-corrected chi connectivity index (χ2v) is 9.29. The summed E-state index contributed by atoms with van der Waals surface area (Å²) in [6.45, 7) is 4.74. The van der Waals surface area contributed by atoms with Crippen molar-refractivity contribution in [3.05, 3.63) is 11.5 Å². The Bertz CT molecular complexity index is 754. The molecule has 0 atom stereocenters. The van der Waals surface area contributed by atoms with Gasteiger partial charge in [-0.3, -0.25) is 4.79 Å². The summed E-state index contributed by atoms with van der Waals surface area (Å²) in [5.41, 5.74) is 5.96. The number of hydrogen-bond donors (Lipinski definition) is 1. The summed E-state index contributed by atoms with van der Waals surface area (Å²) in [7, 11) is -3.68. The maximum atomic E-state index is 13.0. The van der Waals surface area contributed by atoms with Crippen molar-refractivity contribution in [3.8, 4) is 0 Å². The van der Waals surface area contributed by atoms with Gasteiger partial charge in [-0.25, -0.2) is 8.42 Å². The minimum atomic E-state index is -3.68. The lowest BCUT2D eigenvalue weighted by molar-refractivity contribution is -0.138. The van der Waals surface area contributed by atoms with Crippen molar-refractivity contribution in [3.63, 3.8) is 0 Å². The van der Waals surface area contributed by atoms with E-state index in [9.17, 15) is 13.2 Å². The van der Waals surface area contributed by atoms with E-state index in [1.807, 2.05) is 0 Å². The van der Waals surface area contributed by atoms with E-state index in [2.05, 4.69) is 5.16 Å². The van der Waals surface area contributed by atoms with Crippen LogP contribution in [-0.2, 0) is 14.8 Å². The molecule has 1 aliphatic carbocycles. The quantitative estimate of drug-likeness (QED) is 0.795. The number of nitrogens with two attached hydrogens (primary N) is 1. The molecule has 10 heteroatoms. The molecule has 0 aromatic carbocycles. The summed E-state index contributed by atoms with van der Waals surface area (Å²) in [4.78, 5) is 14.8. The molecule has 0 unspecified atom stereocenters. The fourth-order valence-electron chi connectivity index (χ4n) is 4.02. The number of rotatable bonds is 3. The van der Waals surface area contributed by atoms with E-state index in [0.717, 1.165) is 19.3 Å². The number of amides is 1. The molecule has 3 rings (SSSR count). The van der Waals surface area contributed by atoms with Gasteiger partial charge in [0.05, 0.1) is 5.54 Å². The van der Waals surface area contributed by atoms with Gasteiger partial charge in [-0.15, -0.1) is 12.4 Å². The zero-order valence-corrected chi connectivity index (χ0v) is 17.6. The van der Waals surface area contributed by atoms with Crippen molar-refractivity contribution in [1.29, 1.82) is 0 Å². The van der Waals surface area contributed by atoms with Gasteiger partial charge in [0.25, 0.3) is 0 Å². The first-order valence-electron chi connectivity index (χ1n) is 9.27. The molecule has 27 heavy (non-hydrogen) atoms. The first-order chi connectivity index (χ1) is 12.3. The maximum Gasteiger partial charge on any atom is 0.248 e. The van der Waals surface area contributed by atoms with Crippen LogP contribution in [0.4, 0.5) is 0 Å². The van der Waals surface area contributed by atoms with E-state index in [0.29, 0.717) is 50.4 Å². The Morgan fingerprint density at radius 3 is 2.33 bits per heavy atom. The van der Waals surface area contributed by atoms with Gasteiger partial charge in [-0.1, -0.05) is 24.4 Å². The van der Waals surface area contributed by atoms with Gasteiger partial charge in [0.15, 0.2) is 5.76 Å². The predicted octanol–water partition coefficient (Wildman–Crippen LogP) is 1.60. The summed E-state index contributed by atoms with van der Waals surface area (Å²) >= 11 is 0. The van der Waals surface area contributed by atoms with Gasteiger partial charge in [-0.05, 0) is 33.1 Å². The second-order valence-electron chi connectivity index (χ2n) is 7.42. The van der Waals surface area contributed by atoms with Crippen molar-refractivity contribution < 1.29 is 17.7 Å². The third-order valence-corrected chi connectivity index (χ3v) is 7.62. The van der Waals surface area contributed by atoms with Crippen LogP contribution in [0.1, 0.15) is 50.0 Å². The number of carbonyl (C=O) groups is 1. The smallest absolute Gasteiger partial charge is 0.248 e. The van der Waals surface area contributed by atoms with E-state index in [1.54, 1.807) is 18.7 Å². The third kappa shape index (κ3) is 4.31. The molecule has 1 amide bonds. The van der Waals surface area contributed by atoms with Gasteiger partial charge in [-0.2, -0.15) is 4.31 Å². The van der Waals surface area contributed by atoms with E-state index < -0.39 is 15.6 Å². The minimum absolute atomic E-state index is 0. The van der Waals surface area contributed by atoms with Gasteiger partial charge < -0.3 is 15.2 Å². The topological polar surface area (TPSA) is 110 Å². The molecular formula is C17H29ClN4O4S. The van der Waals surface area contributed by atoms with Gasteiger partial charge in [0, 0.05) is 26.2 Å². The molecule has 0 radical (unpaired) electrons. The summed E-state index contributed by atoms with van der Waals surface area (Å²) in [6.07, 6.45) is 5.08. The molecule has 154 valence electrons. The van der Waals surface area contributed by atoms with Gasteiger partial charge in [0.1, 0.15) is 10.6 Å². The Labute approximate surface area is 166 Å². The molecule has 8 nitrogen and oxygen atoms in total. The predicted molar refractivity (Wildman–Crippen MR) is 103 cm³/mol. The molecule has 0 bridgehead atoms. The Balaban J connectivity index is 0.00000261. The molecule has 2 N–H and O–H groups in total. The average molecular weight is 421 g/mol. The fourth-order valence-corrected chi connectivity index (χ4v) is 5.78. The highest BCUT2D eigenvalue weighted by Gasteiger charge is 2.40. The Morgan fingerprint density at radius 1 is 1.07 bits per heavy atom. The zero-order valence-electron chi connectivity index (χ0n) is 15.9. The van der Waals surface area contributed by atoms with Crippen LogP contribution in [0.3, 0.4) is 0 Å². The highest BCUT2D eigenvalue weighted by Crippen LogP contribution is 2.29. The van der Waals surface area contributed by atoms with E-state index >= 15 is 0 Å². The lowest BCUT2D eigenvalue weighted by Crippen LogP contribution is -2.56. The average Bonchev–Trinajstić information content (AvgIpc) is 2.81. The molecule has 1 aliphatic heterocycles. The molecule has 1 aromatic heterocycles. The summed E-state index contributed by atoms with van der Waals surface area (Å²) in [5.74, 6) is 0.261. The molecule has 2 fully saturated rings. The number of nitrogens with zero attached hydrogens (tertiary/aromatic N) is 3. The normalized spacial score (nSPS) is 21.4. The summed E-state index contributed by atoms with van der Waals surface area (Å²) in [5, 5.41) is 3.75. The maximum absolute atomic E-state index is 13.0. The van der Waals surface area contributed by atoms with Crippen molar-refractivity contribution in [1.82, 2.24) is 14.4 Å². The van der Waals surface area contributed by atoms with Crippen LogP contribution in [0.15, 0.2) is 9.42 Å². The standard InChI is InChI=1S/C17H28N4O4S.ClH/c1-13-15(14(2)25-19-13)26(23,24)21-10-6-9-20(11-12-21)16(22)17(18)7-4-3-5-8-17;/h3-12,18H2,1-2H3;1H. The van der Waals surface area contributed by atoms with Crippen molar-refractivity contribution in [2.24, 2.45) is 5.73 Å². The number of hydrogen-bond acceptors (Lipinski definition) is 6. The molecule has 1 aromatic rings. The summed E-state index contributed by atoms with van der Waals surface area (Å²) in [6, 6.07) is 0. The lowest BCUT2D eigenvalue weighted by Gasteiger charge is -2.36. The van der Waals surface area contributed by atoms with Gasteiger partial charge >= 0.3 is 0 Å². The number of halogens is 1. The summed E-state index contributed by atoms with van der Waals surface area (Å²) < 4.78 is 32.4. The Kier molecular flexibility index (Phi) is 6.94. The van der Waals surface area contributed by atoms with Crippen LogP contribution in [0.25, 0.3) is 0 Å². The first-order valence-corrected chi connectivity index (χ1v) is 10.7. The first kappa shape index (κ1) is 22.1. The number of aryl methyl sites for hydroxylation is 2. The number of aromatic nitrogens is 1. The van der Waals surface area contributed by atoms with Crippen molar-refractivity contribution >= 4 is 28.3 Å². The van der Waals surface area contributed by atoms with Crippen LogP contribution in [-0.4, -0.2) is 60.4 Å². The van der Waals surface area contributed by atoms with E-state index in [1.165, 1.54) is 4.31 Å². The highest BCUT2D eigenvalue weighted by atomic mass is 35.5. The Morgan fingerprint density at radius 2 is 1.74 bits per heavy atom. The van der Waals surface area contributed by atoms with Crippen LogP contribution in [0, 0.1) is 13.8 Å². The largest absolute Gasteiger partial charge is 0.360 e. The van der Waals surface area contributed by atoms with Crippen LogP contribution >= 0.6 is 12.4 Å². The highest BCUT2D eigenvalue weighted by molar-refractivity contribution is 7.89. The van der Waals surface area contributed by atoms with E-state index in [-0.39, 0.29) is 29.8 Å². The molecule has 1 saturated heterocycles. The molecule has 0 spiro atoms. The molecule has 2 aliphatic rings. The second kappa shape index (κ2) is 8.46. The molecule has 1 saturated carbocycles. The van der Waals surface area contributed by atoms with E-state index in [4.69, 9.17) is 10.3 Å². The third-order valence-electron chi connectivity index (χ3n) is 5.48. The lowest BCUT2D eigenvalue weighted by atomic mass is 9.81. The van der Waals surface area contributed by atoms with Gasteiger partial charge in [0.2, 0.25) is 15.9 Å². The molecule has 2 heterocycles. The van der Waals surface area contributed by atoms with Crippen LogP contribution in [0.2, 0.25) is 0 Å². The Hall–Kier alpha value is -1.16. The minimum Gasteiger partial charge on any atom is -0.360 e. The SMILES string of the molecule is Cc1noc(C)c1S(=O)(=O)N1CCCN(C(=O)C2(N)CCCCC2)CC1.Cl. The van der Waals surface area contributed by atoms with Crippen LogP contribution in [0.5, 0.6) is 0 Å². The molecular weight excluding hydrogens is 392 g/mol.